The minimum Gasteiger partial charge on any atom is -0.480 e. The van der Waals surface area contributed by atoms with Gasteiger partial charge in [0.25, 0.3) is 0 Å². The minimum atomic E-state index is -1.01. The van der Waals surface area contributed by atoms with Crippen LogP contribution in [0.25, 0.3) is 0 Å². The van der Waals surface area contributed by atoms with Crippen LogP contribution in [-0.2, 0) is 47.1 Å². The van der Waals surface area contributed by atoms with Gasteiger partial charge in [-0.2, -0.15) is 5.10 Å². The van der Waals surface area contributed by atoms with E-state index in [-0.39, 0.29) is 24.3 Å². The molecule has 194 valence electrons. The zero-order chi connectivity index (χ0) is 25.1. The minimum absolute atomic E-state index is 0.180. The maximum absolute atomic E-state index is 12.8. The topological polar surface area (TPSA) is 118 Å². The molecule has 0 bridgehead atoms. The molecule has 1 unspecified atom stereocenters. The van der Waals surface area contributed by atoms with Gasteiger partial charge in [0.15, 0.2) is 0 Å². The lowest BCUT2D eigenvalue weighted by atomic mass is 9.79. The highest BCUT2D eigenvalue weighted by Gasteiger charge is 2.32. The molecule has 9 nitrogen and oxygen atoms in total. The summed E-state index contributed by atoms with van der Waals surface area (Å²) in [6.07, 6.45) is 10.8. The number of carbonyl (C=O) groups is 2. The molecule has 1 saturated carbocycles. The monoisotopic (exact) mass is 495 g/mol. The number of carbonyl (C=O) groups excluding carboxylic acids is 1. The normalized spacial score (nSPS) is 23.5. The number of anilines is 1. The molecule has 36 heavy (non-hydrogen) atoms. The van der Waals surface area contributed by atoms with Gasteiger partial charge in [-0.05, 0) is 74.5 Å². The van der Waals surface area contributed by atoms with Crippen LogP contribution >= 0.6 is 0 Å². The number of carboxylic acids is 1. The van der Waals surface area contributed by atoms with Crippen molar-refractivity contribution < 1.29 is 19.4 Å². The number of hydrogen-bond donors (Lipinski definition) is 3. The van der Waals surface area contributed by atoms with Crippen LogP contribution < -0.4 is 10.6 Å². The Morgan fingerprint density at radius 2 is 2.14 bits per heavy atom. The number of aliphatic carboxylic acids is 1. The van der Waals surface area contributed by atoms with E-state index in [4.69, 9.17) is 9.72 Å². The number of nitrogens with zero attached hydrogens (tertiary/aromatic N) is 3. The zero-order valence-corrected chi connectivity index (χ0v) is 21.0. The number of carboxylic acid groups (broad SMARTS) is 1. The number of fused-ring (bicyclic) bond motifs is 2. The van der Waals surface area contributed by atoms with Gasteiger partial charge in [-0.1, -0.05) is 6.07 Å². The molecule has 2 aromatic heterocycles. The molecule has 1 amide bonds. The summed E-state index contributed by atoms with van der Waals surface area (Å²) in [4.78, 5) is 29.3. The van der Waals surface area contributed by atoms with E-state index in [1.807, 2.05) is 17.9 Å². The number of aryl methyl sites for hydroxylation is 4. The second-order valence-electron chi connectivity index (χ2n) is 10.6. The fourth-order valence-electron chi connectivity index (χ4n) is 5.68. The fourth-order valence-corrected chi connectivity index (χ4v) is 5.68. The Morgan fingerprint density at radius 1 is 1.28 bits per heavy atom. The largest absolute Gasteiger partial charge is 0.480 e. The van der Waals surface area contributed by atoms with E-state index in [0.29, 0.717) is 25.4 Å². The standard InChI is InChI=1S/C27H37N5O4/c1-32-24-15-19(5-6-20(24)16-29-32)26(33)31-23(27(34)35)10-12-36-22-13-17(14-22)4-8-21-9-7-18-3-2-11-28-25(18)30-21/h7,9,16-17,19,22-23H,2-6,8,10-15H2,1H3,(H,28,30)(H,31,33)(H,34,35)/t17?,19-,22?,23?/m1/s1. The Labute approximate surface area is 212 Å². The van der Waals surface area contributed by atoms with Crippen molar-refractivity contribution in [2.45, 2.75) is 76.4 Å². The average Bonchev–Trinajstić information content (AvgIpc) is 3.23. The number of nitrogens with one attached hydrogen (secondary N) is 2. The van der Waals surface area contributed by atoms with Gasteiger partial charge in [-0.15, -0.1) is 0 Å². The fraction of sp³-hybridized carbons (Fsp3) is 0.630. The van der Waals surface area contributed by atoms with E-state index in [9.17, 15) is 14.7 Å². The van der Waals surface area contributed by atoms with E-state index in [2.05, 4.69) is 27.9 Å². The number of aromatic nitrogens is 3. The van der Waals surface area contributed by atoms with Crippen LogP contribution in [0.2, 0.25) is 0 Å². The third kappa shape index (κ3) is 5.72. The Morgan fingerprint density at radius 3 is 2.97 bits per heavy atom. The molecule has 0 radical (unpaired) electrons. The highest BCUT2D eigenvalue weighted by atomic mass is 16.5. The molecule has 3 aliphatic rings. The summed E-state index contributed by atoms with van der Waals surface area (Å²) in [6, 6.07) is 3.44. The Bertz CT molecular complexity index is 1090. The van der Waals surface area contributed by atoms with Crippen LogP contribution in [0.4, 0.5) is 5.82 Å². The second-order valence-corrected chi connectivity index (χ2v) is 10.6. The van der Waals surface area contributed by atoms with Gasteiger partial charge < -0.3 is 20.5 Å². The highest BCUT2D eigenvalue weighted by molar-refractivity contribution is 5.85. The Hall–Kier alpha value is -2.94. The Kier molecular flexibility index (Phi) is 7.55. The molecule has 5 rings (SSSR count). The maximum Gasteiger partial charge on any atom is 0.326 e. The second kappa shape index (κ2) is 11.0. The molecular weight excluding hydrogens is 458 g/mol. The van der Waals surface area contributed by atoms with Crippen LogP contribution in [-0.4, -0.2) is 57.0 Å². The van der Waals surface area contributed by atoms with Gasteiger partial charge in [-0.3, -0.25) is 9.48 Å². The van der Waals surface area contributed by atoms with Crippen molar-refractivity contribution in [3.05, 3.63) is 40.8 Å². The third-order valence-corrected chi connectivity index (χ3v) is 8.05. The lowest BCUT2D eigenvalue weighted by Crippen LogP contribution is -2.45. The maximum atomic E-state index is 12.8. The molecule has 0 saturated heterocycles. The van der Waals surface area contributed by atoms with Crippen molar-refractivity contribution in [1.29, 1.82) is 0 Å². The number of pyridine rings is 1. The van der Waals surface area contributed by atoms with Gasteiger partial charge in [-0.25, -0.2) is 9.78 Å². The molecule has 3 heterocycles. The third-order valence-electron chi connectivity index (χ3n) is 8.05. The van der Waals surface area contributed by atoms with Gasteiger partial charge in [0.05, 0.1) is 12.3 Å². The smallest absolute Gasteiger partial charge is 0.326 e. The van der Waals surface area contributed by atoms with Crippen molar-refractivity contribution in [2.24, 2.45) is 18.9 Å². The van der Waals surface area contributed by atoms with Gasteiger partial charge in [0.1, 0.15) is 11.9 Å². The molecule has 2 aromatic rings. The lowest BCUT2D eigenvalue weighted by Gasteiger charge is -2.35. The Balaban J connectivity index is 1.00. The summed E-state index contributed by atoms with van der Waals surface area (Å²) in [5.74, 6) is 0.257. The van der Waals surface area contributed by atoms with E-state index in [1.54, 1.807) is 0 Å². The molecule has 1 fully saturated rings. The van der Waals surface area contributed by atoms with Crippen molar-refractivity contribution in [1.82, 2.24) is 20.1 Å². The van der Waals surface area contributed by atoms with E-state index < -0.39 is 12.0 Å². The highest BCUT2D eigenvalue weighted by Crippen LogP contribution is 2.34. The number of amides is 1. The first-order chi connectivity index (χ1) is 17.5. The van der Waals surface area contributed by atoms with Gasteiger partial charge in [0.2, 0.25) is 5.91 Å². The molecule has 0 spiro atoms. The SMILES string of the molecule is Cn1ncc2c1C[C@H](C(=O)NC(CCOC1CC(CCc3ccc4c(n3)NCCC4)C1)C(=O)O)CC2. The first-order valence-electron chi connectivity index (χ1n) is 13.3. The molecule has 2 atom stereocenters. The van der Waals surface area contributed by atoms with Crippen LogP contribution in [0.3, 0.4) is 0 Å². The zero-order valence-electron chi connectivity index (χ0n) is 21.0. The van der Waals surface area contributed by atoms with Crippen LogP contribution in [0.1, 0.15) is 61.0 Å². The van der Waals surface area contributed by atoms with Crippen LogP contribution in [0.5, 0.6) is 0 Å². The predicted octanol–water partition coefficient (Wildman–Crippen LogP) is 2.67. The van der Waals surface area contributed by atoms with E-state index in [1.165, 1.54) is 17.5 Å². The van der Waals surface area contributed by atoms with E-state index >= 15 is 0 Å². The lowest BCUT2D eigenvalue weighted by molar-refractivity contribution is -0.143. The summed E-state index contributed by atoms with van der Waals surface area (Å²) in [5, 5.41) is 20.0. The van der Waals surface area contributed by atoms with Crippen LogP contribution in [0.15, 0.2) is 18.3 Å². The van der Waals surface area contributed by atoms with Crippen molar-refractivity contribution in [3.8, 4) is 0 Å². The molecule has 3 N–H and O–H groups in total. The first kappa shape index (κ1) is 24.7. The van der Waals surface area contributed by atoms with Crippen LogP contribution in [0, 0.1) is 11.8 Å². The molecule has 9 heteroatoms. The predicted molar refractivity (Wildman–Crippen MR) is 135 cm³/mol. The molecule has 2 aliphatic carbocycles. The number of hydrogen-bond acceptors (Lipinski definition) is 6. The van der Waals surface area contributed by atoms with Crippen molar-refractivity contribution >= 4 is 17.7 Å². The summed E-state index contributed by atoms with van der Waals surface area (Å²) in [5.41, 5.74) is 4.71. The summed E-state index contributed by atoms with van der Waals surface area (Å²) < 4.78 is 7.75. The summed E-state index contributed by atoms with van der Waals surface area (Å²) in [7, 11) is 1.88. The first-order valence-corrected chi connectivity index (χ1v) is 13.3. The van der Waals surface area contributed by atoms with Gasteiger partial charge in [0, 0.05) is 50.3 Å². The van der Waals surface area contributed by atoms with Gasteiger partial charge >= 0.3 is 5.97 Å². The summed E-state index contributed by atoms with van der Waals surface area (Å²) in [6.45, 7) is 1.34. The average molecular weight is 496 g/mol. The summed E-state index contributed by atoms with van der Waals surface area (Å²) >= 11 is 0. The number of rotatable bonds is 10. The molecular formula is C27H37N5O4. The van der Waals surface area contributed by atoms with Crippen molar-refractivity contribution in [2.75, 3.05) is 18.5 Å². The quantitative estimate of drug-likeness (QED) is 0.464. The van der Waals surface area contributed by atoms with E-state index in [0.717, 1.165) is 62.3 Å². The van der Waals surface area contributed by atoms with Crippen molar-refractivity contribution in [3.63, 3.8) is 0 Å². The molecule has 1 aliphatic heterocycles. The number of ether oxygens (including phenoxy) is 1. The molecule has 0 aromatic carbocycles.